The number of fused-ring (bicyclic) bond motifs is 1. The largest absolute Gasteiger partial charge is 0.504 e. The van der Waals surface area contributed by atoms with Gasteiger partial charge in [-0.15, -0.1) is 0 Å². The van der Waals surface area contributed by atoms with Gasteiger partial charge in [0.1, 0.15) is 11.3 Å². The van der Waals surface area contributed by atoms with E-state index in [0.717, 1.165) is 0 Å². The fourth-order valence-corrected chi connectivity index (χ4v) is 1.90. The Balaban J connectivity index is 2.78. The molecule has 0 aliphatic carbocycles. The van der Waals surface area contributed by atoms with E-state index in [0.29, 0.717) is 10.8 Å². The zero-order valence-corrected chi connectivity index (χ0v) is 10.5. The van der Waals surface area contributed by atoms with E-state index in [-0.39, 0.29) is 22.8 Å². The number of carbonyl (C=O) groups is 1. The van der Waals surface area contributed by atoms with Crippen LogP contribution in [-0.4, -0.2) is 21.3 Å². The number of phenols is 2. The lowest BCUT2D eigenvalue weighted by atomic mass is 10.1. The Morgan fingerprint density at radius 2 is 1.59 bits per heavy atom. The maximum absolute atomic E-state index is 11.0. The van der Waals surface area contributed by atoms with Crippen LogP contribution in [0.15, 0.2) is 24.3 Å². The Kier molecular flexibility index (Phi) is 2.97. The molecule has 0 fully saturated rings. The molecule has 0 heterocycles. The van der Waals surface area contributed by atoms with E-state index < -0.39 is 5.97 Å². The maximum Gasteiger partial charge on any atom is 0.339 e. The molecule has 0 aliphatic rings. The van der Waals surface area contributed by atoms with Crippen molar-refractivity contribution in [3.63, 3.8) is 0 Å². The number of aromatic hydroxyl groups is 2. The summed E-state index contributed by atoms with van der Waals surface area (Å²) in [5.41, 5.74) is -0.00279. The molecule has 0 amide bonds. The lowest BCUT2D eigenvalue weighted by molar-refractivity contribution is 0.0695. The van der Waals surface area contributed by atoms with Gasteiger partial charge < -0.3 is 18.4 Å². The third-order valence-electron chi connectivity index (χ3n) is 2.35. The molecule has 3 N–H and O–H groups in total. The zero-order valence-electron chi connectivity index (χ0n) is 8.35. The van der Waals surface area contributed by atoms with Crippen molar-refractivity contribution in [1.82, 2.24) is 0 Å². The van der Waals surface area contributed by atoms with Crippen molar-refractivity contribution in [2.24, 2.45) is 0 Å². The Bertz CT molecular complexity index is 608. The molecule has 0 radical (unpaired) electrons. The van der Waals surface area contributed by atoms with Crippen LogP contribution in [0.25, 0.3) is 10.8 Å². The molecule has 5 nitrogen and oxygen atoms in total. The lowest BCUT2D eigenvalue weighted by Crippen LogP contribution is -1.98. The number of hydrogen-bond donors (Lipinski definition) is 3. The summed E-state index contributed by atoms with van der Waals surface area (Å²) in [6.07, 6.45) is 0. The smallest absolute Gasteiger partial charge is 0.339 e. The predicted molar refractivity (Wildman–Crippen MR) is 68.9 cm³/mol. The molecule has 0 bridgehead atoms. The molecule has 2 aromatic carbocycles. The first kappa shape index (κ1) is 11.8. The Morgan fingerprint density at radius 3 is 2.06 bits per heavy atom. The van der Waals surface area contributed by atoms with Crippen LogP contribution >= 0.6 is 23.0 Å². The van der Waals surface area contributed by atoms with E-state index in [1.807, 2.05) is 0 Å². The van der Waals surface area contributed by atoms with E-state index in [4.69, 9.17) is 8.17 Å². The molecule has 0 unspecified atom stereocenters. The minimum absolute atomic E-state index is 0.00279. The third-order valence-corrected chi connectivity index (χ3v) is 2.82. The van der Waals surface area contributed by atoms with E-state index in [1.54, 1.807) is 23.0 Å². The number of aromatic carboxylic acids is 1. The second kappa shape index (κ2) is 4.28. The van der Waals surface area contributed by atoms with E-state index in [9.17, 15) is 15.0 Å². The molecule has 88 valence electrons. The summed E-state index contributed by atoms with van der Waals surface area (Å²) in [7, 11) is 0. The van der Waals surface area contributed by atoms with Gasteiger partial charge in [0.25, 0.3) is 0 Å². The van der Waals surface area contributed by atoms with Crippen molar-refractivity contribution in [1.29, 1.82) is 0 Å². The van der Waals surface area contributed by atoms with Crippen LogP contribution < -0.4 is 3.07 Å². The Labute approximate surface area is 110 Å². The molecule has 0 spiro atoms. The van der Waals surface area contributed by atoms with Crippen molar-refractivity contribution in [3.05, 3.63) is 29.8 Å². The lowest BCUT2D eigenvalue weighted by Gasteiger charge is -2.07. The average Bonchev–Trinajstić information content (AvgIpc) is 2.29. The molecule has 0 atom stereocenters. The van der Waals surface area contributed by atoms with Gasteiger partial charge in [-0.25, -0.2) is 4.79 Å². The highest BCUT2D eigenvalue weighted by molar-refractivity contribution is 14.1. The minimum Gasteiger partial charge on any atom is -0.504 e. The first-order valence-electron chi connectivity index (χ1n) is 4.54. The normalized spacial score (nSPS) is 10.4. The summed E-state index contributed by atoms with van der Waals surface area (Å²) in [5.74, 6) is -1.49. The Hall–Kier alpha value is -1.70. The zero-order chi connectivity index (χ0) is 12.6. The highest BCUT2D eigenvalue weighted by Crippen LogP contribution is 2.34. The number of rotatable bonds is 2. The number of hydrogen-bond acceptors (Lipinski definition) is 4. The first-order chi connectivity index (χ1) is 8.02. The predicted octanol–water partition coefficient (Wildman–Crippen LogP) is 2.68. The van der Waals surface area contributed by atoms with Gasteiger partial charge in [-0.1, -0.05) is 0 Å². The van der Waals surface area contributed by atoms with Crippen LogP contribution in [0.1, 0.15) is 10.4 Å². The maximum atomic E-state index is 11.0. The summed E-state index contributed by atoms with van der Waals surface area (Å²) in [6, 6.07) is 5.51. The number of benzene rings is 2. The second-order valence-electron chi connectivity index (χ2n) is 3.42. The van der Waals surface area contributed by atoms with Gasteiger partial charge in [0.2, 0.25) is 0 Å². The fourth-order valence-electron chi connectivity index (χ4n) is 1.54. The topological polar surface area (TPSA) is 87.0 Å². The van der Waals surface area contributed by atoms with Gasteiger partial charge in [0.15, 0.2) is 34.5 Å². The summed E-state index contributed by atoms with van der Waals surface area (Å²) < 4.78 is 4.93. The SMILES string of the molecule is O=C(O)c1cc2cc(O)c(O)cc2cc1OI. The van der Waals surface area contributed by atoms with Crippen LogP contribution in [0.3, 0.4) is 0 Å². The van der Waals surface area contributed by atoms with Crippen molar-refractivity contribution < 1.29 is 23.2 Å². The van der Waals surface area contributed by atoms with E-state index in [1.165, 1.54) is 24.3 Å². The van der Waals surface area contributed by atoms with E-state index in [2.05, 4.69) is 0 Å². The monoisotopic (exact) mass is 346 g/mol. The number of carboxylic acids is 1. The highest BCUT2D eigenvalue weighted by Gasteiger charge is 2.14. The van der Waals surface area contributed by atoms with Gasteiger partial charge >= 0.3 is 5.97 Å². The number of halogens is 1. The fraction of sp³-hybridized carbons (Fsp3) is 0. The molecule has 0 aliphatic heterocycles. The number of phenolic OH excluding ortho intramolecular Hbond substituents is 2. The molecule has 0 saturated heterocycles. The summed E-state index contributed by atoms with van der Waals surface area (Å²) >= 11 is 1.59. The molecular formula is C11H7IO5. The molecule has 0 aromatic heterocycles. The highest BCUT2D eigenvalue weighted by atomic mass is 127. The van der Waals surface area contributed by atoms with E-state index >= 15 is 0 Å². The molecule has 0 saturated carbocycles. The van der Waals surface area contributed by atoms with Gasteiger partial charge in [0, 0.05) is 0 Å². The molecule has 17 heavy (non-hydrogen) atoms. The Morgan fingerprint density at radius 1 is 1.06 bits per heavy atom. The molecular weight excluding hydrogens is 339 g/mol. The van der Waals surface area contributed by atoms with Crippen molar-refractivity contribution >= 4 is 39.7 Å². The van der Waals surface area contributed by atoms with Crippen molar-refractivity contribution in [2.75, 3.05) is 0 Å². The summed E-state index contributed by atoms with van der Waals surface area (Å²) in [6.45, 7) is 0. The number of carboxylic acid groups (broad SMARTS) is 1. The van der Waals surface area contributed by atoms with Crippen LogP contribution in [0, 0.1) is 0 Å². The van der Waals surface area contributed by atoms with Crippen molar-refractivity contribution in [2.45, 2.75) is 0 Å². The molecule has 6 heteroatoms. The van der Waals surface area contributed by atoms with Gasteiger partial charge in [-0.3, -0.25) is 0 Å². The van der Waals surface area contributed by atoms with Crippen LogP contribution in [0.2, 0.25) is 0 Å². The summed E-state index contributed by atoms with van der Waals surface area (Å²) in [4.78, 5) is 11.0. The quantitative estimate of drug-likeness (QED) is 0.575. The van der Waals surface area contributed by atoms with Crippen LogP contribution in [0.4, 0.5) is 0 Å². The second-order valence-corrected chi connectivity index (χ2v) is 3.86. The summed E-state index contributed by atoms with van der Waals surface area (Å²) in [5, 5.41) is 28.8. The standard InChI is InChI=1S/C11H7IO5/c12-17-10-4-6-3-9(14)8(13)2-5(6)1-7(10)11(15)16/h1-4,13-14H,(H,15,16). The first-order valence-corrected chi connectivity index (χ1v) is 5.42. The van der Waals surface area contributed by atoms with Crippen LogP contribution in [0.5, 0.6) is 17.2 Å². The average molecular weight is 346 g/mol. The third kappa shape index (κ3) is 2.07. The minimum atomic E-state index is -1.12. The molecule has 2 aromatic rings. The van der Waals surface area contributed by atoms with Gasteiger partial charge in [-0.05, 0) is 35.0 Å². The van der Waals surface area contributed by atoms with Crippen LogP contribution in [-0.2, 0) is 0 Å². The molecule has 2 rings (SSSR count). The van der Waals surface area contributed by atoms with Gasteiger partial charge in [-0.2, -0.15) is 0 Å². The van der Waals surface area contributed by atoms with Gasteiger partial charge in [0.05, 0.1) is 0 Å². The van der Waals surface area contributed by atoms with Crippen molar-refractivity contribution in [3.8, 4) is 17.2 Å².